The monoisotopic (exact) mass is 530 g/mol. The number of nitrogens with two attached hydrogens (primary N) is 1. The number of nitrogens with zero attached hydrogens (tertiary/aromatic N) is 9. The molecular formula is C26H24ClFN10. The van der Waals surface area contributed by atoms with E-state index in [2.05, 4.69) is 29.4 Å². The number of fused-ring (bicyclic) bond motifs is 3. The molecule has 1 aliphatic heterocycles. The highest BCUT2D eigenvalue weighted by Crippen LogP contribution is 2.33. The summed E-state index contributed by atoms with van der Waals surface area (Å²) < 4.78 is 18.1. The zero-order valence-corrected chi connectivity index (χ0v) is 21.4. The van der Waals surface area contributed by atoms with Gasteiger partial charge in [0, 0.05) is 51.2 Å². The van der Waals surface area contributed by atoms with Crippen LogP contribution >= 0.6 is 11.6 Å². The predicted octanol–water partition coefficient (Wildman–Crippen LogP) is 4.20. The van der Waals surface area contributed by atoms with E-state index < -0.39 is 0 Å². The third kappa shape index (κ3) is 4.08. The Hall–Kier alpha value is -4.27. The first-order valence-electron chi connectivity index (χ1n) is 12.2. The van der Waals surface area contributed by atoms with E-state index >= 15 is 0 Å². The summed E-state index contributed by atoms with van der Waals surface area (Å²) in [7, 11) is 0. The first-order chi connectivity index (χ1) is 18.4. The average molecular weight is 531 g/mol. The average Bonchev–Trinajstić information content (AvgIpc) is 3.48. The van der Waals surface area contributed by atoms with E-state index in [4.69, 9.17) is 28.9 Å². The van der Waals surface area contributed by atoms with Crippen LogP contribution in [0.5, 0.6) is 0 Å². The van der Waals surface area contributed by atoms with Gasteiger partial charge in [0.1, 0.15) is 17.2 Å². The lowest BCUT2D eigenvalue weighted by Crippen LogP contribution is -2.47. The summed E-state index contributed by atoms with van der Waals surface area (Å²) in [6, 6.07) is 10.2. The number of hydrogen-bond acceptors (Lipinski definition) is 7. The molecule has 1 fully saturated rings. The molecule has 38 heavy (non-hydrogen) atoms. The van der Waals surface area contributed by atoms with Gasteiger partial charge in [0.05, 0.1) is 22.7 Å². The van der Waals surface area contributed by atoms with Crippen LogP contribution in [0.1, 0.15) is 5.69 Å². The maximum Gasteiger partial charge on any atom is 0.225 e. The molecule has 4 aromatic heterocycles. The Labute approximate surface area is 222 Å². The van der Waals surface area contributed by atoms with Gasteiger partial charge in [0.15, 0.2) is 11.3 Å². The summed E-state index contributed by atoms with van der Waals surface area (Å²) in [4.78, 5) is 21.3. The number of nitrogen functional groups attached to an aromatic ring is 1. The van der Waals surface area contributed by atoms with Crippen molar-refractivity contribution < 1.29 is 4.39 Å². The van der Waals surface area contributed by atoms with E-state index in [9.17, 15) is 4.39 Å². The van der Waals surface area contributed by atoms with E-state index in [1.165, 1.54) is 10.6 Å². The van der Waals surface area contributed by atoms with Crippen molar-refractivity contribution in [3.8, 4) is 11.5 Å². The van der Waals surface area contributed by atoms with Crippen LogP contribution in [0.25, 0.3) is 33.0 Å². The molecule has 1 aromatic carbocycles. The van der Waals surface area contributed by atoms with E-state index in [0.29, 0.717) is 64.2 Å². The summed E-state index contributed by atoms with van der Waals surface area (Å²) in [6.45, 7) is 13.4. The van der Waals surface area contributed by atoms with Crippen molar-refractivity contribution in [1.29, 1.82) is 0 Å². The molecule has 6 rings (SSSR count). The van der Waals surface area contributed by atoms with Gasteiger partial charge in [-0.1, -0.05) is 23.7 Å². The number of piperazine rings is 1. The normalized spacial score (nSPS) is 14.4. The molecule has 0 amide bonds. The van der Waals surface area contributed by atoms with Crippen molar-refractivity contribution in [2.45, 2.75) is 13.5 Å². The first kappa shape index (κ1) is 24.1. The van der Waals surface area contributed by atoms with Gasteiger partial charge in [-0.25, -0.2) is 14.2 Å². The molecule has 192 valence electrons. The highest BCUT2D eigenvalue weighted by Gasteiger charge is 2.24. The number of anilines is 2. The highest BCUT2D eigenvalue weighted by atomic mass is 35.5. The number of rotatable bonds is 5. The minimum atomic E-state index is -0.356. The van der Waals surface area contributed by atoms with E-state index in [1.54, 1.807) is 18.3 Å². The Morgan fingerprint density at radius 3 is 2.61 bits per heavy atom. The zero-order chi connectivity index (χ0) is 26.4. The van der Waals surface area contributed by atoms with E-state index in [0.717, 1.165) is 25.3 Å². The van der Waals surface area contributed by atoms with Crippen molar-refractivity contribution in [2.24, 2.45) is 0 Å². The summed E-state index contributed by atoms with van der Waals surface area (Å²) in [5.41, 5.74) is 9.86. The van der Waals surface area contributed by atoms with E-state index in [-0.39, 0.29) is 11.8 Å². The maximum atomic E-state index is 14.5. The van der Waals surface area contributed by atoms with Crippen LogP contribution in [0.2, 0.25) is 5.02 Å². The molecule has 0 unspecified atom stereocenters. The van der Waals surface area contributed by atoms with Crippen LogP contribution < -0.4 is 10.6 Å². The number of aromatic nitrogens is 6. The molecule has 0 aliphatic carbocycles. The Morgan fingerprint density at radius 1 is 1.08 bits per heavy atom. The summed E-state index contributed by atoms with van der Waals surface area (Å²) >= 11 is 6.81. The van der Waals surface area contributed by atoms with Crippen LogP contribution in [0.3, 0.4) is 0 Å². The van der Waals surface area contributed by atoms with E-state index in [1.807, 2.05) is 30.0 Å². The molecule has 0 saturated carbocycles. The van der Waals surface area contributed by atoms with Crippen molar-refractivity contribution >= 4 is 45.6 Å². The molecule has 0 atom stereocenters. The molecule has 0 radical (unpaired) electrons. The molecule has 5 heterocycles. The lowest BCUT2D eigenvalue weighted by molar-refractivity contribution is 0.248. The number of benzene rings is 1. The smallest absolute Gasteiger partial charge is 0.225 e. The van der Waals surface area contributed by atoms with Crippen LogP contribution in [0, 0.1) is 19.3 Å². The molecule has 2 N–H and O–H groups in total. The fourth-order valence-electron chi connectivity index (χ4n) is 4.95. The molecule has 5 aromatic rings. The minimum Gasteiger partial charge on any atom is -0.368 e. The van der Waals surface area contributed by atoms with Gasteiger partial charge >= 0.3 is 0 Å². The Bertz CT molecular complexity index is 1700. The van der Waals surface area contributed by atoms with Gasteiger partial charge in [-0.05, 0) is 31.2 Å². The molecule has 0 bridgehead atoms. The quantitative estimate of drug-likeness (QED) is 0.340. The van der Waals surface area contributed by atoms with Gasteiger partial charge in [-0.15, -0.1) is 5.10 Å². The molecule has 10 nitrogen and oxygen atoms in total. The van der Waals surface area contributed by atoms with Gasteiger partial charge in [-0.3, -0.25) is 9.88 Å². The topological polar surface area (TPSA) is 97.8 Å². The fourth-order valence-corrected chi connectivity index (χ4v) is 5.22. The van der Waals surface area contributed by atoms with Gasteiger partial charge < -0.3 is 15.2 Å². The third-order valence-electron chi connectivity index (χ3n) is 7.00. The van der Waals surface area contributed by atoms with Crippen molar-refractivity contribution in [1.82, 2.24) is 34.0 Å². The first-order valence-corrected chi connectivity index (χ1v) is 12.6. The fraction of sp³-hybridized carbons (Fsp3) is 0.269. The summed E-state index contributed by atoms with van der Waals surface area (Å²) in [6.07, 6.45) is 1.69. The minimum absolute atomic E-state index is 0.220. The molecule has 0 spiro atoms. The van der Waals surface area contributed by atoms with Crippen LogP contribution in [-0.4, -0.2) is 66.8 Å². The summed E-state index contributed by atoms with van der Waals surface area (Å²) in [5, 5.41) is 5.79. The predicted molar refractivity (Wildman–Crippen MR) is 145 cm³/mol. The molecule has 1 saturated heterocycles. The lowest BCUT2D eigenvalue weighted by Gasteiger charge is -2.36. The van der Waals surface area contributed by atoms with Gasteiger partial charge in [-0.2, -0.15) is 9.50 Å². The Balaban J connectivity index is 1.22. The van der Waals surface area contributed by atoms with Crippen molar-refractivity contribution in [3.05, 3.63) is 70.5 Å². The number of halogens is 2. The van der Waals surface area contributed by atoms with Crippen LogP contribution in [-0.2, 0) is 6.54 Å². The highest BCUT2D eigenvalue weighted by molar-refractivity contribution is 6.37. The van der Waals surface area contributed by atoms with Gasteiger partial charge in [0.2, 0.25) is 11.8 Å². The number of pyridine rings is 1. The third-order valence-corrected chi connectivity index (χ3v) is 7.46. The van der Waals surface area contributed by atoms with Gasteiger partial charge in [0.25, 0.3) is 0 Å². The van der Waals surface area contributed by atoms with Crippen molar-refractivity contribution in [2.75, 3.05) is 43.4 Å². The SMILES string of the molecule is [C-]#[N+]c1ccc(N2CCN(CCn3c(C)c(Cl)c4c3nc(N)n3nc(-c5ccccn5)nc43)CC2)c(F)c1. The van der Waals surface area contributed by atoms with Crippen LogP contribution in [0.15, 0.2) is 42.6 Å². The second-order valence-electron chi connectivity index (χ2n) is 9.18. The second kappa shape index (κ2) is 9.55. The largest absolute Gasteiger partial charge is 0.368 e. The standard InChI is InChI=1S/C26H24ClFN10/c1-16-22(27)21-24(33-26(29)38-25(21)32-23(34-38)19-5-3-4-8-31-19)37(16)14-11-35-9-12-36(13-10-35)20-7-6-17(30-2)15-18(20)28/h3-8,15H,9-14H2,1H3,(H2,29,33). The maximum absolute atomic E-state index is 14.5. The molecule has 1 aliphatic rings. The Kier molecular flexibility index (Phi) is 6.06. The molecule has 12 heteroatoms. The number of hydrogen-bond donors (Lipinski definition) is 1. The second-order valence-corrected chi connectivity index (χ2v) is 9.56. The zero-order valence-electron chi connectivity index (χ0n) is 20.6. The van der Waals surface area contributed by atoms with Crippen molar-refractivity contribution in [3.63, 3.8) is 0 Å². The van der Waals surface area contributed by atoms with Crippen LogP contribution in [0.4, 0.5) is 21.7 Å². The summed E-state index contributed by atoms with van der Waals surface area (Å²) in [5.74, 6) is 0.314. The lowest BCUT2D eigenvalue weighted by atomic mass is 10.2. The molecular weight excluding hydrogens is 507 g/mol. The Morgan fingerprint density at radius 2 is 1.89 bits per heavy atom.